The highest BCUT2D eigenvalue weighted by Gasteiger charge is 2.58. The highest BCUT2D eigenvalue weighted by Crippen LogP contribution is 2.41. The zero-order valence-electron chi connectivity index (χ0n) is 51.2. The minimum absolute atomic E-state index is 0.0375. The summed E-state index contributed by atoms with van der Waals surface area (Å²) >= 11 is 1.58. The Labute approximate surface area is 555 Å². The number of rotatable bonds is 19. The maximum Gasteiger partial charge on any atom is 0.310 e. The first-order chi connectivity index (χ1) is 47.8. The number of anilines is 2. The molecular formula is C68H50F4N18O7S. The molecule has 10 heterocycles. The molecule has 4 aromatic carbocycles. The monoisotopic (exact) mass is 1340 g/mol. The molecule has 488 valence electrons. The van der Waals surface area contributed by atoms with E-state index >= 15 is 0 Å². The van der Waals surface area contributed by atoms with E-state index in [-0.39, 0.29) is 65.9 Å². The fraction of sp³-hybridized carbons (Fsp3) is 0.118. The quantitative estimate of drug-likeness (QED) is 0.0500. The molecule has 0 bridgehead atoms. The van der Waals surface area contributed by atoms with E-state index in [9.17, 15) is 27.2 Å². The van der Waals surface area contributed by atoms with Gasteiger partial charge < -0.3 is 38.9 Å². The van der Waals surface area contributed by atoms with Crippen molar-refractivity contribution in [3.05, 3.63) is 255 Å². The van der Waals surface area contributed by atoms with Crippen molar-refractivity contribution in [2.75, 3.05) is 18.2 Å². The molecule has 0 unspecified atom stereocenters. The van der Waals surface area contributed by atoms with Crippen LogP contribution < -0.4 is 26.1 Å². The van der Waals surface area contributed by atoms with Gasteiger partial charge in [0.25, 0.3) is 5.56 Å². The van der Waals surface area contributed by atoms with Gasteiger partial charge in [0.15, 0.2) is 29.7 Å². The third kappa shape index (κ3) is 14.2. The number of hydrogen-bond donors (Lipinski definition) is 3. The van der Waals surface area contributed by atoms with Gasteiger partial charge in [0, 0.05) is 47.9 Å². The molecule has 98 heavy (non-hydrogen) atoms. The molecule has 30 heteroatoms. The topological polar surface area (TPSA) is 307 Å². The lowest BCUT2D eigenvalue weighted by atomic mass is 10.2. The van der Waals surface area contributed by atoms with Crippen LogP contribution in [0.2, 0.25) is 0 Å². The van der Waals surface area contributed by atoms with Crippen molar-refractivity contribution in [3.63, 3.8) is 0 Å². The molecule has 1 saturated carbocycles. The number of halogens is 4. The van der Waals surface area contributed by atoms with Crippen molar-refractivity contribution < 1.29 is 45.2 Å². The zero-order valence-corrected chi connectivity index (χ0v) is 52.0. The van der Waals surface area contributed by atoms with Crippen LogP contribution >= 0.6 is 11.3 Å². The number of nitrogens with two attached hydrogens (primary N) is 1. The summed E-state index contributed by atoms with van der Waals surface area (Å²) < 4.78 is 87.5. The molecule has 14 aromatic rings. The van der Waals surface area contributed by atoms with Crippen LogP contribution in [0.5, 0.6) is 11.6 Å². The second-order valence-corrected chi connectivity index (χ2v) is 22.4. The third-order valence-corrected chi connectivity index (χ3v) is 15.9. The molecule has 10 aromatic heterocycles. The summed E-state index contributed by atoms with van der Waals surface area (Å²) in [5, 5.41) is 24.3. The number of thiophene rings is 1. The Hall–Kier alpha value is -13.0. The molecule has 0 saturated heterocycles. The minimum atomic E-state index is -1.01. The van der Waals surface area contributed by atoms with Gasteiger partial charge in [0.2, 0.25) is 17.6 Å². The second-order valence-electron chi connectivity index (χ2n) is 21.6. The van der Waals surface area contributed by atoms with E-state index in [0.29, 0.717) is 93.6 Å². The van der Waals surface area contributed by atoms with Crippen LogP contribution in [0.3, 0.4) is 0 Å². The summed E-state index contributed by atoms with van der Waals surface area (Å²) in [4.78, 5) is 59.5. The smallest absolute Gasteiger partial charge is 0.310 e. The fourth-order valence-electron chi connectivity index (χ4n) is 9.89. The lowest BCUT2D eigenvalue weighted by Gasteiger charge is -2.11. The molecule has 4 N–H and O–H groups in total. The van der Waals surface area contributed by atoms with E-state index < -0.39 is 22.8 Å². The highest BCUT2D eigenvalue weighted by atomic mass is 32.1. The van der Waals surface area contributed by atoms with Crippen molar-refractivity contribution in [1.29, 1.82) is 0 Å². The third-order valence-electron chi connectivity index (χ3n) is 15.2. The molecule has 15 rings (SSSR count). The van der Waals surface area contributed by atoms with Gasteiger partial charge in [-0.15, -0.1) is 0 Å². The lowest BCUT2D eigenvalue weighted by molar-refractivity contribution is -0.117. The fourth-order valence-corrected chi connectivity index (χ4v) is 10.5. The van der Waals surface area contributed by atoms with Gasteiger partial charge in [-0.05, 0) is 70.4 Å². The number of benzene rings is 4. The number of carbonyl (C=O) groups excluding carboxylic acids is 1. The van der Waals surface area contributed by atoms with E-state index in [1.165, 1.54) is 60.5 Å². The van der Waals surface area contributed by atoms with E-state index in [0.717, 1.165) is 28.6 Å². The summed E-state index contributed by atoms with van der Waals surface area (Å²) in [6, 6.07) is 35.8. The molecule has 0 radical (unpaired) electrons. The molecule has 1 amide bonds. The van der Waals surface area contributed by atoms with E-state index in [2.05, 4.69) is 60.4 Å². The Kier molecular flexibility index (Phi) is 18.4. The number of methoxy groups -OCH3 is 1. The Morgan fingerprint density at radius 1 is 0.704 bits per heavy atom. The SMILES string of the molecule is COc1ccc(COc2nc(-c3cc(-c4ccon4)n(Cc4ccccc4F)n3)ncc2-c2ccsc2)cc1.O=c1[nH]c(-c2cc(-c3cocn3)n(Cc3ccccc3F)n2)ncc1F.[C-]#[N+]C1(C(=O)Nc2cnc(-c3cc(-c4ncco4)n(Cc4ccccc4F)n3)nc2N)CC1. The van der Waals surface area contributed by atoms with Crippen molar-refractivity contribution >= 4 is 28.7 Å². The molecular weight excluding hydrogens is 1290 g/mol. The molecule has 1 fully saturated rings. The number of carbonyl (C=O) groups is 1. The Balaban J connectivity index is 0.000000135. The van der Waals surface area contributed by atoms with E-state index in [4.69, 9.17) is 45.2 Å². The van der Waals surface area contributed by atoms with Crippen LogP contribution in [-0.2, 0) is 31.0 Å². The Morgan fingerprint density at radius 2 is 1.33 bits per heavy atom. The molecule has 1 aliphatic carbocycles. The van der Waals surface area contributed by atoms with Crippen LogP contribution in [-0.4, -0.2) is 92.9 Å². The summed E-state index contributed by atoms with van der Waals surface area (Å²) in [5.41, 5.74) is 12.3. The molecule has 25 nitrogen and oxygen atoms in total. The van der Waals surface area contributed by atoms with Gasteiger partial charge in [0.05, 0.1) is 62.3 Å². The van der Waals surface area contributed by atoms with Crippen LogP contribution in [0.1, 0.15) is 35.1 Å². The van der Waals surface area contributed by atoms with Crippen molar-refractivity contribution in [3.8, 4) is 91.7 Å². The summed E-state index contributed by atoms with van der Waals surface area (Å²) in [6.45, 7) is 7.96. The maximum absolute atomic E-state index is 14.5. The van der Waals surface area contributed by atoms with Gasteiger partial charge in [-0.2, -0.15) is 36.0 Å². The largest absolute Gasteiger partial charge is 0.497 e. The van der Waals surface area contributed by atoms with Crippen LogP contribution in [0.25, 0.3) is 84.9 Å². The second kappa shape index (κ2) is 28.3. The van der Waals surface area contributed by atoms with Crippen molar-refractivity contribution in [2.24, 2.45) is 0 Å². The molecule has 0 spiro atoms. The number of H-pyrrole nitrogens is 1. The first-order valence-corrected chi connectivity index (χ1v) is 30.6. The first-order valence-electron chi connectivity index (χ1n) is 29.7. The average Bonchev–Trinajstić information content (AvgIpc) is 1.63. The number of nitrogens with one attached hydrogen (secondary N) is 2. The number of nitrogen functional groups attached to an aromatic ring is 1. The minimum Gasteiger partial charge on any atom is -0.497 e. The van der Waals surface area contributed by atoms with Crippen LogP contribution in [0.4, 0.5) is 29.1 Å². The van der Waals surface area contributed by atoms with Gasteiger partial charge in [-0.1, -0.05) is 71.9 Å². The number of aromatic nitrogens is 15. The number of oxazole rings is 2. The summed E-state index contributed by atoms with van der Waals surface area (Å²) in [5.74, 6) is -0.238. The number of nitrogens with zero attached hydrogens (tertiary/aromatic N) is 15. The predicted molar refractivity (Wildman–Crippen MR) is 348 cm³/mol. The van der Waals surface area contributed by atoms with Crippen LogP contribution in [0.15, 0.2) is 206 Å². The number of hydrogen-bond acceptors (Lipinski definition) is 20. The summed E-state index contributed by atoms with van der Waals surface area (Å²) in [6.07, 6.45) is 12.0. The summed E-state index contributed by atoms with van der Waals surface area (Å²) in [7, 11) is 1.63. The normalized spacial score (nSPS) is 12.0. The number of aromatic amines is 1. The number of amides is 1. The Morgan fingerprint density at radius 3 is 1.89 bits per heavy atom. The maximum atomic E-state index is 14.5. The number of ether oxygens (including phenoxy) is 2. The van der Waals surface area contributed by atoms with Crippen molar-refractivity contribution in [1.82, 2.24) is 74.4 Å². The van der Waals surface area contributed by atoms with Crippen molar-refractivity contribution in [2.45, 2.75) is 44.6 Å². The van der Waals surface area contributed by atoms with E-state index in [1.807, 2.05) is 47.2 Å². The molecule has 1 aliphatic rings. The van der Waals surface area contributed by atoms with Crippen LogP contribution in [0, 0.1) is 29.8 Å². The highest BCUT2D eigenvalue weighted by molar-refractivity contribution is 7.08. The molecule has 0 aliphatic heterocycles. The van der Waals surface area contributed by atoms with Gasteiger partial charge in [0.1, 0.15) is 88.4 Å². The standard InChI is InChI=1S/C29H22FN5O3S.C22H17FN8O2.C17H11F2N5O2/c1-36-22-8-6-19(7-9-22)17-37-29-23(21-11-13-39-18-21)15-31-28(32-29)26-14-27(25-10-12-38-34-25)35(33-26)16-20-4-2-3-5-24(20)30;1-25-22(6-7-22)21(32)28-16-11-27-19(29-18(16)24)15-10-17(20-26-8-9-33-20)31(30-15)12-13-4-2-3-5-14(13)23;18-11-4-2-1-3-10(11)7-24-15(14-8-26-9-21-14)5-13(23-24)16-20-6-12(19)17(25)22-16/h2-15,18H,16-17H2,1H3;2-5,8-11H,6-7,12H2,(H,28,32)(H2,24,27,29);1-6,8-9H,7H2,(H,20,22,25). The Bertz CT molecular complexity index is 5210. The van der Waals surface area contributed by atoms with E-state index in [1.54, 1.807) is 107 Å². The van der Waals surface area contributed by atoms with Gasteiger partial charge >= 0.3 is 11.4 Å². The molecule has 0 atom stereocenters. The first kappa shape index (κ1) is 63.7. The lowest BCUT2D eigenvalue weighted by Crippen LogP contribution is -2.27. The average molecular weight is 1340 g/mol. The zero-order chi connectivity index (χ0) is 67.7. The van der Waals surface area contributed by atoms with Gasteiger partial charge in [-0.3, -0.25) is 28.5 Å². The van der Waals surface area contributed by atoms with Gasteiger partial charge in [-0.25, -0.2) is 49.6 Å². The predicted octanol–water partition coefficient (Wildman–Crippen LogP) is 12.3.